The fourth-order valence-corrected chi connectivity index (χ4v) is 0.0945. The number of hydrogen-bond acceptors (Lipinski definition) is 0. The van der Waals surface area contributed by atoms with Crippen LogP contribution in [0, 0.1) is 0 Å². The molecule has 0 aliphatic heterocycles. The molecule has 0 atom stereocenters. The van der Waals surface area contributed by atoms with Gasteiger partial charge in [-0.05, 0) is 0 Å². The fraction of sp³-hybridized carbons (Fsp3) is 1.00. The number of hydrogen-bond donors (Lipinski definition) is 0. The summed E-state index contributed by atoms with van der Waals surface area (Å²) in [5, 5.41) is 0. The molecule has 0 saturated carbocycles. The van der Waals surface area contributed by atoms with Crippen molar-refractivity contribution in [3.05, 3.63) is 0 Å². The molecular weight excluding hydrogens is 116 g/mol. The van der Waals surface area contributed by atoms with Crippen molar-refractivity contribution in [2.75, 3.05) is 6.67 Å². The molecular formula is C4H7BF3. The smallest absolute Gasteiger partial charge is 0.244 e. The Labute approximate surface area is 48.7 Å². The molecule has 0 N–H and O–H groups in total. The molecule has 0 aromatic carbocycles. The van der Waals surface area contributed by atoms with Gasteiger partial charge in [0, 0.05) is 14.8 Å². The summed E-state index contributed by atoms with van der Waals surface area (Å²) in [5.74, 6) is -3.08. The predicted octanol–water partition coefficient (Wildman–Crippen LogP) is 1.62. The molecule has 0 aliphatic carbocycles. The summed E-state index contributed by atoms with van der Waals surface area (Å²) < 4.78 is 34.0. The zero-order valence-corrected chi connectivity index (χ0v) is 4.63. The predicted molar refractivity (Wildman–Crippen MR) is 27.0 cm³/mol. The third-order valence-electron chi connectivity index (χ3n) is 0.713. The lowest BCUT2D eigenvalue weighted by Crippen LogP contribution is -2.16. The van der Waals surface area contributed by atoms with Crippen LogP contribution in [-0.4, -0.2) is 21.0 Å². The molecule has 3 radical (unpaired) electrons. The summed E-state index contributed by atoms with van der Waals surface area (Å²) in [4.78, 5) is 0. The molecule has 0 saturated heterocycles. The van der Waals surface area contributed by atoms with E-state index in [9.17, 15) is 13.2 Å². The number of alkyl halides is 3. The second kappa shape index (κ2) is 3.81. The summed E-state index contributed by atoms with van der Waals surface area (Å²) in [6.07, 6.45) is -0.413. The molecule has 0 nitrogen and oxygen atoms in total. The van der Waals surface area contributed by atoms with Gasteiger partial charge < -0.3 is 0 Å². The van der Waals surface area contributed by atoms with Crippen LogP contribution >= 0.6 is 0 Å². The van der Waals surface area contributed by atoms with Crippen LogP contribution in [0.1, 0.15) is 13.3 Å². The first-order chi connectivity index (χ1) is 3.12. The lowest BCUT2D eigenvalue weighted by Gasteiger charge is -2.05. The third-order valence-corrected chi connectivity index (χ3v) is 0.713. The largest absolute Gasteiger partial charge is 0.275 e. The maximum Gasteiger partial charge on any atom is 0.275 e. The van der Waals surface area contributed by atoms with Gasteiger partial charge in [-0.1, -0.05) is 6.92 Å². The maximum atomic E-state index is 11.5. The topological polar surface area (TPSA) is 0 Å². The van der Waals surface area contributed by atoms with Gasteiger partial charge in [0.1, 0.15) is 0 Å². The van der Waals surface area contributed by atoms with E-state index in [1.165, 1.54) is 6.92 Å². The average molecular weight is 123 g/mol. The molecule has 0 aliphatic rings. The molecule has 0 heterocycles. The molecule has 0 unspecified atom stereocenters. The molecule has 8 heavy (non-hydrogen) atoms. The highest BCUT2D eigenvalue weighted by Crippen LogP contribution is 2.16. The van der Waals surface area contributed by atoms with E-state index >= 15 is 0 Å². The van der Waals surface area contributed by atoms with Gasteiger partial charge in [0.25, 0.3) is 5.92 Å². The van der Waals surface area contributed by atoms with Gasteiger partial charge in [0.05, 0.1) is 0 Å². The molecule has 4 heteroatoms. The van der Waals surface area contributed by atoms with Crippen LogP contribution in [0.4, 0.5) is 13.2 Å². The lowest BCUT2D eigenvalue weighted by molar-refractivity contribution is -0.0255. The Balaban J connectivity index is 0. The van der Waals surface area contributed by atoms with Crippen LogP contribution in [-0.2, 0) is 0 Å². The van der Waals surface area contributed by atoms with Gasteiger partial charge in [0.15, 0.2) is 6.67 Å². The Morgan fingerprint density at radius 1 is 1.38 bits per heavy atom. The minimum atomic E-state index is -3.08. The Morgan fingerprint density at radius 3 is 1.75 bits per heavy atom. The summed E-state index contributed by atoms with van der Waals surface area (Å²) in [6.45, 7) is -0.289. The first-order valence-electron chi connectivity index (χ1n) is 2.06. The van der Waals surface area contributed by atoms with Crippen LogP contribution in [0.25, 0.3) is 0 Å². The van der Waals surface area contributed by atoms with Gasteiger partial charge in [-0.2, -0.15) is 0 Å². The van der Waals surface area contributed by atoms with Crippen molar-refractivity contribution in [2.45, 2.75) is 19.3 Å². The molecule has 0 fully saturated rings. The molecule has 0 bridgehead atoms. The highest BCUT2D eigenvalue weighted by molar-refractivity contribution is 5.75. The van der Waals surface area contributed by atoms with Crippen LogP contribution in [0.2, 0.25) is 0 Å². The van der Waals surface area contributed by atoms with Crippen molar-refractivity contribution in [3.63, 3.8) is 0 Å². The third kappa shape index (κ3) is 4.03. The Morgan fingerprint density at radius 2 is 1.75 bits per heavy atom. The summed E-state index contributed by atoms with van der Waals surface area (Å²) in [7, 11) is 0. The zero-order valence-electron chi connectivity index (χ0n) is 4.63. The van der Waals surface area contributed by atoms with E-state index in [2.05, 4.69) is 0 Å². The Hall–Kier alpha value is -0.145. The Kier molecular flexibility index (Phi) is 5.13. The molecule has 0 amide bonds. The van der Waals surface area contributed by atoms with Gasteiger partial charge in [-0.3, -0.25) is 0 Å². The quantitative estimate of drug-likeness (QED) is 0.489. The lowest BCUT2D eigenvalue weighted by atomic mass is 10.3. The van der Waals surface area contributed by atoms with Crippen molar-refractivity contribution in [2.24, 2.45) is 0 Å². The van der Waals surface area contributed by atoms with E-state index in [4.69, 9.17) is 0 Å². The monoisotopic (exact) mass is 123 g/mol. The van der Waals surface area contributed by atoms with E-state index < -0.39 is 19.0 Å². The molecule has 0 spiro atoms. The van der Waals surface area contributed by atoms with Gasteiger partial charge in [0.2, 0.25) is 0 Å². The van der Waals surface area contributed by atoms with Gasteiger partial charge in [-0.15, -0.1) is 0 Å². The van der Waals surface area contributed by atoms with Crippen molar-refractivity contribution in [1.29, 1.82) is 0 Å². The Bertz CT molecular complexity index is 49.2. The molecule has 0 aromatic heterocycles. The van der Waals surface area contributed by atoms with Gasteiger partial charge in [-0.25, -0.2) is 13.2 Å². The van der Waals surface area contributed by atoms with Gasteiger partial charge >= 0.3 is 0 Å². The highest BCUT2D eigenvalue weighted by Gasteiger charge is 2.24. The zero-order chi connectivity index (χ0) is 5.91. The van der Waals surface area contributed by atoms with E-state index in [1.54, 1.807) is 0 Å². The van der Waals surface area contributed by atoms with Crippen molar-refractivity contribution in [3.8, 4) is 0 Å². The van der Waals surface area contributed by atoms with Crippen molar-refractivity contribution < 1.29 is 13.2 Å². The maximum absolute atomic E-state index is 11.5. The molecule has 47 valence electrons. The summed E-state index contributed by atoms with van der Waals surface area (Å²) in [5.41, 5.74) is 0. The first-order valence-corrected chi connectivity index (χ1v) is 2.06. The van der Waals surface area contributed by atoms with E-state index in [0.29, 0.717) is 0 Å². The van der Waals surface area contributed by atoms with Crippen molar-refractivity contribution >= 4 is 8.41 Å². The van der Waals surface area contributed by atoms with E-state index in [0.717, 1.165) is 0 Å². The normalized spacial score (nSPS) is 10.5. The number of rotatable bonds is 2. The highest BCUT2D eigenvalue weighted by atomic mass is 19.3. The van der Waals surface area contributed by atoms with E-state index in [-0.39, 0.29) is 8.41 Å². The summed E-state index contributed by atoms with van der Waals surface area (Å²) in [6, 6.07) is 0. The van der Waals surface area contributed by atoms with E-state index in [1.807, 2.05) is 0 Å². The SMILES string of the molecule is CCC(F)(F)CF.[B]. The molecule has 0 rings (SSSR count). The number of halogens is 3. The second-order valence-corrected chi connectivity index (χ2v) is 1.34. The standard InChI is InChI=1S/C4H7F3.B/c1-2-4(6,7)3-5;/h2-3H2,1H3;. The summed E-state index contributed by atoms with van der Waals surface area (Å²) >= 11 is 0. The van der Waals surface area contributed by atoms with Crippen LogP contribution < -0.4 is 0 Å². The molecule has 0 aromatic rings. The minimum Gasteiger partial charge on any atom is -0.244 e. The van der Waals surface area contributed by atoms with Crippen LogP contribution in [0.5, 0.6) is 0 Å². The van der Waals surface area contributed by atoms with Crippen LogP contribution in [0.15, 0.2) is 0 Å². The minimum absolute atomic E-state index is 0. The second-order valence-electron chi connectivity index (χ2n) is 1.34. The fourth-order valence-electron chi connectivity index (χ4n) is 0.0945. The van der Waals surface area contributed by atoms with Crippen molar-refractivity contribution in [1.82, 2.24) is 0 Å². The van der Waals surface area contributed by atoms with Crippen LogP contribution in [0.3, 0.4) is 0 Å². The first kappa shape index (κ1) is 10.8. The average Bonchev–Trinajstić information content (AvgIpc) is 1.68.